The third kappa shape index (κ3) is 9.35. The molecule has 2 aliphatic heterocycles. The number of allylic oxidation sites excluding steroid dienone is 1. The largest absolute Gasteiger partial charge is 0.374 e. The summed E-state index contributed by atoms with van der Waals surface area (Å²) >= 11 is 0. The molecule has 2 amide bonds. The molecular weight excluding hydrogens is 544 g/mol. The number of hydrogen-bond donors (Lipinski definition) is 2. The second-order valence-corrected chi connectivity index (χ2v) is 11.5. The Bertz CT molecular complexity index is 1160. The number of piperazine rings is 1. The molecule has 1 aromatic rings. The molecule has 0 aromatic carbocycles. The monoisotopic (exact) mass is 596 g/mol. The van der Waals surface area contributed by atoms with Gasteiger partial charge < -0.3 is 35.0 Å². The summed E-state index contributed by atoms with van der Waals surface area (Å²) in [6.07, 6.45) is 9.37. The summed E-state index contributed by atoms with van der Waals surface area (Å²) in [6, 6.07) is -0.217. The Kier molecular flexibility index (Phi) is 13.2. The number of nitrogens with one attached hydrogen (secondary N) is 2. The number of carbonyl (C=O) groups is 2. The highest BCUT2D eigenvalue weighted by Gasteiger charge is 2.38. The van der Waals surface area contributed by atoms with Crippen LogP contribution in [0.2, 0.25) is 0 Å². The van der Waals surface area contributed by atoms with Crippen molar-refractivity contribution in [3.05, 3.63) is 42.3 Å². The molecule has 1 aromatic heterocycles. The minimum absolute atomic E-state index is 0.0372. The predicted octanol–water partition coefficient (Wildman–Crippen LogP) is 3.42. The fourth-order valence-electron chi connectivity index (χ4n) is 5.36. The van der Waals surface area contributed by atoms with Gasteiger partial charge in [-0.1, -0.05) is 20.4 Å². The molecule has 0 bridgehead atoms. The first-order chi connectivity index (χ1) is 20.6. The molecule has 11 heteroatoms. The molecule has 3 rings (SSSR count). The summed E-state index contributed by atoms with van der Waals surface area (Å²) in [7, 11) is 3.92. The summed E-state index contributed by atoms with van der Waals surface area (Å²) in [5.41, 5.74) is 1.72. The average molecular weight is 597 g/mol. The highest BCUT2D eigenvalue weighted by atomic mass is 16.5. The molecule has 2 N–H and O–H groups in total. The molecule has 0 spiro atoms. The van der Waals surface area contributed by atoms with Crippen molar-refractivity contribution < 1.29 is 14.3 Å². The zero-order chi connectivity index (χ0) is 31.5. The lowest BCUT2D eigenvalue weighted by Crippen LogP contribution is -2.54. The van der Waals surface area contributed by atoms with Gasteiger partial charge >= 0.3 is 0 Å². The van der Waals surface area contributed by atoms with Gasteiger partial charge in [0.25, 0.3) is 5.91 Å². The number of anilines is 3. The third-order valence-corrected chi connectivity index (χ3v) is 7.94. The van der Waals surface area contributed by atoms with Crippen molar-refractivity contribution in [2.75, 3.05) is 75.1 Å². The van der Waals surface area contributed by atoms with E-state index in [-0.39, 0.29) is 30.0 Å². The predicted molar refractivity (Wildman–Crippen MR) is 174 cm³/mol. The van der Waals surface area contributed by atoms with Gasteiger partial charge in [0.1, 0.15) is 11.7 Å². The number of amides is 2. The van der Waals surface area contributed by atoms with E-state index < -0.39 is 0 Å². The second-order valence-electron chi connectivity index (χ2n) is 11.5. The van der Waals surface area contributed by atoms with E-state index in [2.05, 4.69) is 64.7 Å². The van der Waals surface area contributed by atoms with E-state index >= 15 is 0 Å². The number of ether oxygens (including phenoxy) is 1. The van der Waals surface area contributed by atoms with Gasteiger partial charge in [-0.05, 0) is 71.9 Å². The lowest BCUT2D eigenvalue weighted by Gasteiger charge is -2.42. The molecule has 2 unspecified atom stereocenters. The van der Waals surface area contributed by atoms with Crippen LogP contribution in [0.15, 0.2) is 42.3 Å². The van der Waals surface area contributed by atoms with E-state index in [4.69, 9.17) is 9.72 Å². The van der Waals surface area contributed by atoms with E-state index in [9.17, 15) is 9.59 Å². The van der Waals surface area contributed by atoms with Crippen molar-refractivity contribution >= 4 is 29.3 Å². The van der Waals surface area contributed by atoms with E-state index in [0.717, 1.165) is 45.6 Å². The maximum Gasteiger partial charge on any atom is 0.250 e. The molecule has 238 valence electrons. The standard InChI is InChI=1S/C32H52N8O3/c1-9-26(43-11-3)21-25(14-13-24(6)30(41)33-15-12-16-39-19-17-37(7)18-20-39)35-32-34-22-28-29(36-32)40(23(4)5)27(10-2)31(42)38(28)8/h13-14,21-23,26-27H,6,9-12,15-20H2,1-5,7-8H3,(H,33,41)(H,34,35,36)/b14-13-,25-21?. The number of nitrogens with zero attached hydrogens (tertiary/aromatic N) is 6. The number of aromatic nitrogens is 2. The maximum atomic E-state index is 13.0. The van der Waals surface area contributed by atoms with Crippen LogP contribution in [-0.2, 0) is 14.3 Å². The van der Waals surface area contributed by atoms with Crippen LogP contribution in [0, 0.1) is 0 Å². The minimum Gasteiger partial charge on any atom is -0.374 e. The highest BCUT2D eigenvalue weighted by Crippen LogP contribution is 2.36. The van der Waals surface area contributed by atoms with Crippen molar-refractivity contribution in [3.63, 3.8) is 0 Å². The van der Waals surface area contributed by atoms with Gasteiger partial charge in [-0.2, -0.15) is 4.98 Å². The van der Waals surface area contributed by atoms with Crippen LogP contribution in [0.4, 0.5) is 17.5 Å². The minimum atomic E-state index is -0.291. The fraction of sp³-hybridized carbons (Fsp3) is 0.625. The van der Waals surface area contributed by atoms with Crippen molar-refractivity contribution in [1.82, 2.24) is 25.1 Å². The van der Waals surface area contributed by atoms with Crippen LogP contribution in [0.3, 0.4) is 0 Å². The number of fused-ring (bicyclic) bond motifs is 1. The summed E-state index contributed by atoms with van der Waals surface area (Å²) in [6.45, 7) is 20.6. The van der Waals surface area contributed by atoms with Gasteiger partial charge in [0, 0.05) is 63.7 Å². The Morgan fingerprint density at radius 2 is 1.88 bits per heavy atom. The molecule has 2 aliphatic rings. The van der Waals surface area contributed by atoms with Gasteiger partial charge in [-0.25, -0.2) is 4.98 Å². The first kappa shape index (κ1) is 34.2. The number of hydrogen-bond acceptors (Lipinski definition) is 9. The maximum absolute atomic E-state index is 13.0. The first-order valence-corrected chi connectivity index (χ1v) is 15.7. The fourth-order valence-corrected chi connectivity index (χ4v) is 5.36. The van der Waals surface area contributed by atoms with Crippen LogP contribution in [0.25, 0.3) is 0 Å². The zero-order valence-corrected chi connectivity index (χ0v) is 27.2. The molecule has 0 saturated carbocycles. The van der Waals surface area contributed by atoms with Gasteiger partial charge in [-0.15, -0.1) is 0 Å². The molecule has 3 heterocycles. The molecule has 1 saturated heterocycles. The van der Waals surface area contributed by atoms with E-state index in [1.165, 1.54) is 0 Å². The average Bonchev–Trinajstić information content (AvgIpc) is 2.99. The molecule has 43 heavy (non-hydrogen) atoms. The summed E-state index contributed by atoms with van der Waals surface area (Å²) < 4.78 is 5.88. The third-order valence-electron chi connectivity index (χ3n) is 7.94. The van der Waals surface area contributed by atoms with Crippen LogP contribution < -0.4 is 20.4 Å². The lowest BCUT2D eigenvalue weighted by molar-refractivity contribution is -0.120. The normalized spacial score (nSPS) is 19.2. The van der Waals surface area contributed by atoms with Gasteiger partial charge in [0.15, 0.2) is 5.82 Å². The molecule has 0 radical (unpaired) electrons. The van der Waals surface area contributed by atoms with Crippen molar-refractivity contribution in [1.29, 1.82) is 0 Å². The Labute approximate surface area is 258 Å². The SMILES string of the molecule is C=C(/C=C\C(=CC(CC)OCC)Nc1ncc2c(n1)N(C(C)C)C(CC)C(=O)N2C)C(=O)NCCCN1CCN(C)CC1. The molecule has 1 fully saturated rings. The van der Waals surface area contributed by atoms with Crippen molar-refractivity contribution in [2.45, 2.75) is 72.1 Å². The Balaban J connectivity index is 1.72. The van der Waals surface area contributed by atoms with Crippen LogP contribution in [0.5, 0.6) is 0 Å². The summed E-state index contributed by atoms with van der Waals surface area (Å²) in [5, 5.41) is 6.31. The van der Waals surface area contributed by atoms with Gasteiger partial charge in [-0.3, -0.25) is 9.59 Å². The smallest absolute Gasteiger partial charge is 0.250 e. The summed E-state index contributed by atoms with van der Waals surface area (Å²) in [5.74, 6) is 0.946. The highest BCUT2D eigenvalue weighted by molar-refractivity contribution is 6.04. The number of likely N-dealkylation sites (N-methyl/N-ethyl adjacent to an activating group) is 2. The van der Waals surface area contributed by atoms with Crippen molar-refractivity contribution in [3.8, 4) is 0 Å². The van der Waals surface area contributed by atoms with Crippen LogP contribution in [0.1, 0.15) is 53.9 Å². The Morgan fingerprint density at radius 1 is 1.16 bits per heavy atom. The molecule has 11 nitrogen and oxygen atoms in total. The van der Waals surface area contributed by atoms with E-state index in [0.29, 0.717) is 48.3 Å². The van der Waals surface area contributed by atoms with E-state index in [1.807, 2.05) is 19.9 Å². The van der Waals surface area contributed by atoms with Gasteiger partial charge in [0.2, 0.25) is 11.9 Å². The van der Waals surface area contributed by atoms with Crippen molar-refractivity contribution in [2.24, 2.45) is 0 Å². The van der Waals surface area contributed by atoms with Crippen LogP contribution >= 0.6 is 0 Å². The molecule has 2 atom stereocenters. The number of carbonyl (C=O) groups excluding carboxylic acids is 2. The molecule has 0 aliphatic carbocycles. The first-order valence-electron chi connectivity index (χ1n) is 15.7. The van der Waals surface area contributed by atoms with Crippen LogP contribution in [-0.4, -0.2) is 110 Å². The zero-order valence-electron chi connectivity index (χ0n) is 27.2. The second kappa shape index (κ2) is 16.5. The molecular formula is C32H52N8O3. The van der Waals surface area contributed by atoms with Gasteiger partial charge in [0.05, 0.1) is 12.3 Å². The van der Waals surface area contributed by atoms with E-state index in [1.54, 1.807) is 30.3 Å². The Hall–Kier alpha value is -3.28. The lowest BCUT2D eigenvalue weighted by atomic mass is 10.1. The quantitative estimate of drug-likeness (QED) is 0.179. The number of rotatable bonds is 15. The Morgan fingerprint density at radius 3 is 2.51 bits per heavy atom. The topological polar surface area (TPSA) is 106 Å². The summed E-state index contributed by atoms with van der Waals surface area (Å²) in [4.78, 5) is 43.6.